The van der Waals surface area contributed by atoms with E-state index in [4.69, 9.17) is 9.47 Å². The summed E-state index contributed by atoms with van der Waals surface area (Å²) in [6.45, 7) is 0.135. The van der Waals surface area contributed by atoms with Crippen molar-refractivity contribution in [3.63, 3.8) is 0 Å². The van der Waals surface area contributed by atoms with Gasteiger partial charge in [-0.25, -0.2) is 4.79 Å². The van der Waals surface area contributed by atoms with E-state index < -0.39 is 18.0 Å². The number of H-pyrrole nitrogens is 1. The van der Waals surface area contributed by atoms with Gasteiger partial charge in [0.25, 0.3) is 5.91 Å². The summed E-state index contributed by atoms with van der Waals surface area (Å²) in [6, 6.07) is 12.7. The summed E-state index contributed by atoms with van der Waals surface area (Å²) >= 11 is 0. The molecule has 0 bridgehead atoms. The van der Waals surface area contributed by atoms with Crippen molar-refractivity contribution in [1.82, 2.24) is 20.1 Å². The van der Waals surface area contributed by atoms with Gasteiger partial charge in [-0.05, 0) is 11.6 Å². The lowest BCUT2D eigenvalue weighted by Gasteiger charge is -2.20. The van der Waals surface area contributed by atoms with Gasteiger partial charge in [0.1, 0.15) is 6.61 Å². The minimum absolute atomic E-state index is 0.00146. The molecule has 1 aromatic carbocycles. The summed E-state index contributed by atoms with van der Waals surface area (Å²) in [6.07, 6.45) is 2.20. The van der Waals surface area contributed by atoms with Crippen LogP contribution in [0.25, 0.3) is 0 Å². The third-order valence-corrected chi connectivity index (χ3v) is 4.40. The fraction of sp³-hybridized carbons (Fsp3) is 0.238. The minimum atomic E-state index is -0.930. The van der Waals surface area contributed by atoms with Gasteiger partial charge in [0, 0.05) is 25.0 Å². The lowest BCUT2D eigenvalue weighted by Crippen LogP contribution is -2.31. The van der Waals surface area contributed by atoms with Crippen LogP contribution in [0, 0.1) is 0 Å². The predicted molar refractivity (Wildman–Crippen MR) is 107 cm³/mol. The predicted octanol–water partition coefficient (Wildman–Crippen LogP) is 1.98. The maximum atomic E-state index is 13.0. The van der Waals surface area contributed by atoms with Crippen LogP contribution >= 0.6 is 0 Å². The van der Waals surface area contributed by atoms with Gasteiger partial charge in [-0.2, -0.15) is 5.10 Å². The fourth-order valence-electron chi connectivity index (χ4n) is 2.79. The van der Waals surface area contributed by atoms with Gasteiger partial charge in [-0.3, -0.25) is 14.9 Å². The number of amides is 1. The molecule has 3 aromatic rings. The van der Waals surface area contributed by atoms with E-state index in [2.05, 4.69) is 15.2 Å². The van der Waals surface area contributed by atoms with Gasteiger partial charge in [0.05, 0.1) is 19.8 Å². The van der Waals surface area contributed by atoms with Gasteiger partial charge in [-0.1, -0.05) is 36.4 Å². The van der Waals surface area contributed by atoms with E-state index in [1.165, 1.54) is 25.3 Å². The van der Waals surface area contributed by atoms with E-state index in [9.17, 15) is 14.7 Å². The first-order chi connectivity index (χ1) is 14.5. The van der Waals surface area contributed by atoms with Crippen molar-refractivity contribution in [3.8, 4) is 5.75 Å². The summed E-state index contributed by atoms with van der Waals surface area (Å²) in [7, 11) is 2.75. The molecule has 1 atom stereocenters. The standard InChI is InChI=1S/C21H22N4O5/c1-25(12-16(26)15-9-6-10-22-11-15)20(27)17-19(18(24-23-17)21(28)29-2)30-13-14-7-4-3-5-8-14/h3-11,16,26H,12-13H2,1-2H3,(H,23,24). The molecule has 0 aliphatic carbocycles. The number of aromatic amines is 1. The highest BCUT2D eigenvalue weighted by Crippen LogP contribution is 2.25. The van der Waals surface area contributed by atoms with E-state index in [1.807, 2.05) is 30.3 Å². The van der Waals surface area contributed by atoms with Crippen molar-refractivity contribution in [3.05, 3.63) is 77.4 Å². The van der Waals surface area contributed by atoms with Crippen LogP contribution in [-0.4, -0.2) is 57.8 Å². The Morgan fingerprint density at radius 2 is 1.97 bits per heavy atom. The molecule has 1 unspecified atom stereocenters. The van der Waals surface area contributed by atoms with E-state index in [0.29, 0.717) is 5.56 Å². The number of hydrogen-bond acceptors (Lipinski definition) is 7. The first-order valence-electron chi connectivity index (χ1n) is 9.18. The van der Waals surface area contributed by atoms with Crippen LogP contribution in [0.15, 0.2) is 54.9 Å². The molecule has 0 spiro atoms. The Kier molecular flexibility index (Phi) is 6.76. The van der Waals surface area contributed by atoms with Gasteiger partial charge in [0.2, 0.25) is 0 Å². The zero-order chi connectivity index (χ0) is 21.5. The van der Waals surface area contributed by atoms with E-state index in [-0.39, 0.29) is 30.3 Å². The number of aliphatic hydroxyl groups is 1. The van der Waals surface area contributed by atoms with Crippen LogP contribution in [0.5, 0.6) is 5.75 Å². The maximum absolute atomic E-state index is 13.0. The Labute approximate surface area is 173 Å². The van der Waals surface area contributed by atoms with Crippen molar-refractivity contribution in [2.24, 2.45) is 0 Å². The van der Waals surface area contributed by atoms with Crippen LogP contribution in [0.2, 0.25) is 0 Å². The fourth-order valence-corrected chi connectivity index (χ4v) is 2.79. The Bertz CT molecular complexity index is 991. The first-order valence-corrected chi connectivity index (χ1v) is 9.18. The number of hydrogen-bond donors (Lipinski definition) is 2. The number of benzene rings is 1. The maximum Gasteiger partial charge on any atom is 0.360 e. The van der Waals surface area contributed by atoms with Crippen LogP contribution in [0.1, 0.15) is 38.2 Å². The number of rotatable bonds is 8. The molecule has 0 fully saturated rings. The zero-order valence-corrected chi connectivity index (χ0v) is 16.6. The number of ether oxygens (including phenoxy) is 2. The van der Waals surface area contributed by atoms with Crippen molar-refractivity contribution < 1.29 is 24.2 Å². The van der Waals surface area contributed by atoms with Crippen LogP contribution in [-0.2, 0) is 11.3 Å². The number of aromatic nitrogens is 3. The summed E-state index contributed by atoms with van der Waals surface area (Å²) in [5, 5.41) is 16.8. The molecule has 0 saturated carbocycles. The van der Waals surface area contributed by atoms with Gasteiger partial charge >= 0.3 is 5.97 Å². The second-order valence-corrected chi connectivity index (χ2v) is 6.53. The number of nitrogens with zero attached hydrogens (tertiary/aromatic N) is 3. The quantitative estimate of drug-likeness (QED) is 0.545. The van der Waals surface area contributed by atoms with E-state index in [0.717, 1.165) is 5.56 Å². The molecule has 0 saturated heterocycles. The molecule has 2 N–H and O–H groups in total. The SMILES string of the molecule is COC(=O)c1[nH]nc(C(=O)N(C)CC(O)c2cccnc2)c1OCc1ccccc1. The second-order valence-electron chi connectivity index (χ2n) is 6.53. The van der Waals surface area contributed by atoms with Crippen LogP contribution in [0.4, 0.5) is 0 Å². The number of esters is 1. The molecule has 30 heavy (non-hydrogen) atoms. The molecule has 0 aliphatic heterocycles. The molecule has 156 valence electrons. The molecule has 9 nitrogen and oxygen atoms in total. The van der Waals surface area contributed by atoms with Gasteiger partial charge < -0.3 is 19.5 Å². The van der Waals surface area contributed by atoms with Gasteiger partial charge in [0.15, 0.2) is 17.1 Å². The highest BCUT2D eigenvalue weighted by molar-refractivity contribution is 6.00. The number of carbonyl (C=O) groups excluding carboxylic acids is 2. The Morgan fingerprint density at radius 3 is 2.63 bits per heavy atom. The van der Waals surface area contributed by atoms with Crippen molar-refractivity contribution >= 4 is 11.9 Å². The summed E-state index contributed by atoms with van der Waals surface area (Å²) in [5.41, 5.74) is 1.30. The number of carbonyl (C=O) groups is 2. The molecule has 2 heterocycles. The molecule has 2 aromatic heterocycles. The largest absolute Gasteiger partial charge is 0.484 e. The molecule has 1 amide bonds. The summed E-state index contributed by atoms with van der Waals surface area (Å²) in [4.78, 5) is 30.3. The van der Waals surface area contributed by atoms with E-state index >= 15 is 0 Å². The number of aliphatic hydroxyl groups excluding tert-OH is 1. The highest BCUT2D eigenvalue weighted by Gasteiger charge is 2.28. The molecular formula is C21H22N4O5. The smallest absolute Gasteiger partial charge is 0.360 e. The second kappa shape index (κ2) is 9.66. The minimum Gasteiger partial charge on any atom is -0.484 e. The molecule has 9 heteroatoms. The lowest BCUT2D eigenvalue weighted by molar-refractivity contribution is 0.0588. The molecule has 0 radical (unpaired) electrons. The number of likely N-dealkylation sites (N-methyl/N-ethyl adjacent to an activating group) is 1. The average molecular weight is 410 g/mol. The summed E-state index contributed by atoms with van der Waals surface area (Å²) in [5.74, 6) is -1.23. The van der Waals surface area contributed by atoms with Crippen molar-refractivity contribution in [2.45, 2.75) is 12.7 Å². The number of methoxy groups -OCH3 is 1. The Hall–Kier alpha value is -3.72. The Morgan fingerprint density at radius 1 is 1.20 bits per heavy atom. The first kappa shape index (κ1) is 21.0. The average Bonchev–Trinajstić information content (AvgIpc) is 3.21. The lowest BCUT2D eigenvalue weighted by atomic mass is 10.1. The number of pyridine rings is 1. The molecule has 0 aliphatic rings. The van der Waals surface area contributed by atoms with Crippen LogP contribution in [0.3, 0.4) is 0 Å². The monoisotopic (exact) mass is 410 g/mol. The third kappa shape index (κ3) is 4.81. The van der Waals surface area contributed by atoms with Crippen molar-refractivity contribution in [1.29, 1.82) is 0 Å². The van der Waals surface area contributed by atoms with Crippen molar-refractivity contribution in [2.75, 3.05) is 20.7 Å². The summed E-state index contributed by atoms with van der Waals surface area (Å²) < 4.78 is 10.5. The third-order valence-electron chi connectivity index (χ3n) is 4.40. The highest BCUT2D eigenvalue weighted by atomic mass is 16.5. The molecule has 3 rings (SSSR count). The topological polar surface area (TPSA) is 118 Å². The van der Waals surface area contributed by atoms with Gasteiger partial charge in [-0.15, -0.1) is 0 Å². The molecular weight excluding hydrogens is 388 g/mol. The van der Waals surface area contributed by atoms with Crippen LogP contribution < -0.4 is 4.74 Å². The number of nitrogens with one attached hydrogen (secondary N) is 1. The Balaban J connectivity index is 1.80. The van der Waals surface area contributed by atoms with E-state index in [1.54, 1.807) is 18.3 Å². The normalized spacial score (nSPS) is 11.6. The zero-order valence-electron chi connectivity index (χ0n) is 16.6.